The summed E-state index contributed by atoms with van der Waals surface area (Å²) in [7, 11) is 3.32. The van der Waals surface area contributed by atoms with Gasteiger partial charge in [-0.05, 0) is 25.9 Å². The summed E-state index contributed by atoms with van der Waals surface area (Å²) in [6, 6.07) is 0. The van der Waals surface area contributed by atoms with Gasteiger partial charge in [0.1, 0.15) is 0 Å². The molecule has 6 heteroatoms. The fourth-order valence-electron chi connectivity index (χ4n) is 1.70. The van der Waals surface area contributed by atoms with Crippen LogP contribution in [-0.4, -0.2) is 63.2 Å². The van der Waals surface area contributed by atoms with Gasteiger partial charge in [0, 0.05) is 20.5 Å². The average molecular weight is 257 g/mol. The number of carbonyl (C=O) groups is 2. The molecule has 1 rings (SSSR count). The van der Waals surface area contributed by atoms with E-state index >= 15 is 0 Å². The van der Waals surface area contributed by atoms with E-state index in [1.807, 2.05) is 0 Å². The molecule has 0 radical (unpaired) electrons. The maximum Gasteiger partial charge on any atom is 0.241 e. The average Bonchev–Trinajstić information content (AvgIpc) is 2.37. The number of ether oxygens (including phenoxy) is 1. The van der Waals surface area contributed by atoms with Crippen molar-refractivity contribution in [3.63, 3.8) is 0 Å². The molecule has 2 N–H and O–H groups in total. The van der Waals surface area contributed by atoms with Gasteiger partial charge in [0.25, 0.3) is 0 Å². The van der Waals surface area contributed by atoms with Crippen LogP contribution in [0.3, 0.4) is 0 Å². The molecule has 1 aliphatic rings. The number of hydrogen-bond donors (Lipinski definition) is 2. The third-order valence-corrected chi connectivity index (χ3v) is 2.90. The molecule has 0 aromatic heterocycles. The molecule has 0 spiro atoms. The highest BCUT2D eigenvalue weighted by atomic mass is 16.5. The first-order valence-electron chi connectivity index (χ1n) is 6.38. The Morgan fingerprint density at radius 3 is 2.61 bits per heavy atom. The van der Waals surface area contributed by atoms with Crippen LogP contribution in [0.4, 0.5) is 0 Å². The summed E-state index contributed by atoms with van der Waals surface area (Å²) in [5, 5.41) is 5.83. The summed E-state index contributed by atoms with van der Waals surface area (Å²) in [6.07, 6.45) is 2.58. The van der Waals surface area contributed by atoms with Crippen LogP contribution >= 0.6 is 0 Å². The zero-order valence-corrected chi connectivity index (χ0v) is 11.2. The van der Waals surface area contributed by atoms with Gasteiger partial charge < -0.3 is 20.3 Å². The Morgan fingerprint density at radius 1 is 1.33 bits per heavy atom. The lowest BCUT2D eigenvalue weighted by atomic mass is 10.1. The number of amides is 2. The summed E-state index contributed by atoms with van der Waals surface area (Å²) in [5.41, 5.74) is 0. The van der Waals surface area contributed by atoms with Crippen LogP contribution in [0.2, 0.25) is 0 Å². The first-order chi connectivity index (χ1) is 8.59. The first kappa shape index (κ1) is 14.9. The zero-order chi connectivity index (χ0) is 13.4. The minimum Gasteiger partial charge on any atom is -0.378 e. The largest absolute Gasteiger partial charge is 0.378 e. The molecular formula is C12H23N3O3. The highest BCUT2D eigenvalue weighted by Crippen LogP contribution is 2.07. The Balaban J connectivity index is 2.04. The highest BCUT2D eigenvalue weighted by molar-refractivity contribution is 5.84. The van der Waals surface area contributed by atoms with Crippen LogP contribution in [0.25, 0.3) is 0 Å². The molecule has 2 amide bonds. The molecule has 0 saturated carbocycles. The minimum absolute atomic E-state index is 0.0547. The molecular weight excluding hydrogens is 234 g/mol. The van der Waals surface area contributed by atoms with E-state index in [9.17, 15) is 9.59 Å². The van der Waals surface area contributed by atoms with E-state index in [2.05, 4.69) is 10.6 Å². The van der Waals surface area contributed by atoms with E-state index in [1.54, 1.807) is 14.1 Å². The summed E-state index contributed by atoms with van der Waals surface area (Å²) < 4.78 is 5.61. The van der Waals surface area contributed by atoms with Crippen molar-refractivity contribution in [1.82, 2.24) is 15.5 Å². The van der Waals surface area contributed by atoms with Crippen molar-refractivity contribution in [2.45, 2.75) is 25.4 Å². The number of nitrogens with zero attached hydrogens (tertiary/aromatic N) is 1. The van der Waals surface area contributed by atoms with Gasteiger partial charge in [-0.2, -0.15) is 0 Å². The summed E-state index contributed by atoms with van der Waals surface area (Å²) in [5.74, 6) is -0.248. The lowest BCUT2D eigenvalue weighted by molar-refractivity contribution is -0.131. The Morgan fingerprint density at radius 2 is 2.00 bits per heavy atom. The van der Waals surface area contributed by atoms with Crippen LogP contribution in [0, 0.1) is 0 Å². The van der Waals surface area contributed by atoms with E-state index in [0.29, 0.717) is 13.0 Å². The van der Waals surface area contributed by atoms with E-state index in [-0.39, 0.29) is 24.5 Å². The van der Waals surface area contributed by atoms with Crippen LogP contribution in [-0.2, 0) is 14.3 Å². The summed E-state index contributed by atoms with van der Waals surface area (Å²) in [4.78, 5) is 24.1. The van der Waals surface area contributed by atoms with Gasteiger partial charge in [0.2, 0.25) is 11.8 Å². The van der Waals surface area contributed by atoms with Crippen LogP contribution in [0.5, 0.6) is 0 Å². The second kappa shape index (κ2) is 8.05. The summed E-state index contributed by atoms with van der Waals surface area (Å²) in [6.45, 7) is 2.44. The number of piperidine rings is 1. The molecule has 1 aliphatic heterocycles. The third-order valence-electron chi connectivity index (χ3n) is 2.90. The molecule has 0 aromatic rings. The molecule has 0 bridgehead atoms. The van der Waals surface area contributed by atoms with Gasteiger partial charge in [0.15, 0.2) is 0 Å². The fourth-order valence-corrected chi connectivity index (χ4v) is 1.70. The molecule has 1 saturated heterocycles. The van der Waals surface area contributed by atoms with Gasteiger partial charge in [-0.1, -0.05) is 0 Å². The van der Waals surface area contributed by atoms with Crippen molar-refractivity contribution in [3.05, 3.63) is 0 Å². The standard InChI is InChI=1S/C12H23N3O3/c1-15(2)12(17)9-14-11(16)5-8-18-10-3-6-13-7-4-10/h10,13H,3-9H2,1-2H3,(H,14,16). The Kier molecular flexibility index (Phi) is 6.67. The van der Waals surface area contributed by atoms with E-state index < -0.39 is 0 Å². The number of hydrogen-bond acceptors (Lipinski definition) is 4. The number of rotatable bonds is 6. The van der Waals surface area contributed by atoms with Crippen LogP contribution in [0.1, 0.15) is 19.3 Å². The zero-order valence-electron chi connectivity index (χ0n) is 11.2. The third kappa shape index (κ3) is 5.97. The second-order valence-electron chi connectivity index (χ2n) is 4.64. The number of likely N-dealkylation sites (N-methyl/N-ethyl adjacent to an activating group) is 1. The Labute approximate surface area is 108 Å². The Bertz CT molecular complexity index is 276. The van der Waals surface area contributed by atoms with Crippen LogP contribution < -0.4 is 10.6 Å². The fraction of sp³-hybridized carbons (Fsp3) is 0.833. The predicted octanol–water partition coefficient (Wildman–Crippen LogP) is -0.650. The molecule has 0 unspecified atom stereocenters. The van der Waals surface area contributed by atoms with Crippen molar-refractivity contribution in [3.8, 4) is 0 Å². The molecule has 0 atom stereocenters. The quantitative estimate of drug-likeness (QED) is 0.663. The molecule has 104 valence electrons. The molecule has 1 fully saturated rings. The summed E-state index contributed by atoms with van der Waals surface area (Å²) >= 11 is 0. The monoisotopic (exact) mass is 257 g/mol. The van der Waals surface area contributed by atoms with Gasteiger partial charge >= 0.3 is 0 Å². The van der Waals surface area contributed by atoms with Gasteiger partial charge in [-0.25, -0.2) is 0 Å². The maximum absolute atomic E-state index is 11.4. The molecule has 0 aliphatic carbocycles. The van der Waals surface area contributed by atoms with Gasteiger partial charge in [-0.3, -0.25) is 9.59 Å². The maximum atomic E-state index is 11.4. The predicted molar refractivity (Wildman–Crippen MR) is 68.2 cm³/mol. The number of nitrogens with one attached hydrogen (secondary N) is 2. The van der Waals surface area contributed by atoms with Crippen molar-refractivity contribution < 1.29 is 14.3 Å². The smallest absolute Gasteiger partial charge is 0.241 e. The Hall–Kier alpha value is -1.14. The topological polar surface area (TPSA) is 70.7 Å². The second-order valence-corrected chi connectivity index (χ2v) is 4.64. The first-order valence-corrected chi connectivity index (χ1v) is 6.38. The van der Waals surface area contributed by atoms with Crippen molar-refractivity contribution in [2.24, 2.45) is 0 Å². The number of carbonyl (C=O) groups excluding carboxylic acids is 2. The highest BCUT2D eigenvalue weighted by Gasteiger charge is 2.13. The van der Waals surface area contributed by atoms with E-state index in [0.717, 1.165) is 25.9 Å². The van der Waals surface area contributed by atoms with Crippen molar-refractivity contribution in [2.75, 3.05) is 40.3 Å². The molecule has 18 heavy (non-hydrogen) atoms. The van der Waals surface area contributed by atoms with Gasteiger partial charge in [0.05, 0.1) is 19.3 Å². The van der Waals surface area contributed by atoms with E-state index in [4.69, 9.17) is 4.74 Å². The van der Waals surface area contributed by atoms with E-state index in [1.165, 1.54) is 4.90 Å². The minimum atomic E-state index is -0.140. The lowest BCUT2D eigenvalue weighted by Gasteiger charge is -2.22. The lowest BCUT2D eigenvalue weighted by Crippen LogP contribution is -2.37. The van der Waals surface area contributed by atoms with Crippen molar-refractivity contribution >= 4 is 11.8 Å². The van der Waals surface area contributed by atoms with Crippen LogP contribution in [0.15, 0.2) is 0 Å². The SMILES string of the molecule is CN(C)C(=O)CNC(=O)CCOC1CCNCC1. The molecule has 6 nitrogen and oxygen atoms in total. The van der Waals surface area contributed by atoms with Crippen molar-refractivity contribution in [1.29, 1.82) is 0 Å². The normalized spacial score (nSPS) is 16.3. The molecule has 1 heterocycles. The molecule has 0 aromatic carbocycles. The van der Waals surface area contributed by atoms with Gasteiger partial charge in [-0.15, -0.1) is 0 Å².